The van der Waals surface area contributed by atoms with E-state index in [2.05, 4.69) is 44.2 Å². The number of nitrogens with zero attached hydrogens (tertiary/aromatic N) is 3. The Morgan fingerprint density at radius 2 is 1.78 bits per heavy atom. The third-order valence-corrected chi connectivity index (χ3v) is 5.84. The van der Waals surface area contributed by atoms with Crippen molar-refractivity contribution in [3.8, 4) is 0 Å². The maximum Gasteiger partial charge on any atom is 0.257 e. The number of aryl methyl sites for hydroxylation is 2. The van der Waals surface area contributed by atoms with E-state index >= 15 is 0 Å². The van der Waals surface area contributed by atoms with Gasteiger partial charge in [-0.15, -0.1) is 0 Å². The zero-order valence-electron chi connectivity index (χ0n) is 18.8. The van der Waals surface area contributed by atoms with Gasteiger partial charge in [0.05, 0.1) is 18.3 Å². The Bertz CT molecular complexity index is 1130. The molecule has 0 N–H and O–H groups in total. The molecule has 1 aliphatic rings. The van der Waals surface area contributed by atoms with E-state index < -0.39 is 0 Å². The lowest BCUT2D eigenvalue weighted by Crippen LogP contribution is -2.36. The first-order valence-electron chi connectivity index (χ1n) is 10.9. The second kappa shape index (κ2) is 9.45. The summed E-state index contributed by atoms with van der Waals surface area (Å²) in [7, 11) is 1.94. The molecular formula is C27H28FN3O. The molecule has 164 valence electrons. The number of halogens is 1. The van der Waals surface area contributed by atoms with Gasteiger partial charge in [-0.1, -0.05) is 66.2 Å². The van der Waals surface area contributed by atoms with Crippen molar-refractivity contribution in [3.05, 3.63) is 106 Å². The summed E-state index contributed by atoms with van der Waals surface area (Å²) in [5, 5.41) is 6.35. The molecule has 1 heterocycles. The minimum atomic E-state index is -0.283. The molecule has 0 aliphatic carbocycles. The lowest BCUT2D eigenvalue weighted by Gasteiger charge is -2.26. The fourth-order valence-electron chi connectivity index (χ4n) is 4.17. The molecule has 1 atom stereocenters. The SMILES string of the molecule is Cc1ccc(C)c(C2CC(c3ccc(F)cc3)=NN2C(=O)CN(C)Cc2ccccc2)c1. The van der Waals surface area contributed by atoms with Crippen molar-refractivity contribution in [1.82, 2.24) is 9.91 Å². The zero-order chi connectivity index (χ0) is 22.7. The topological polar surface area (TPSA) is 35.9 Å². The van der Waals surface area contributed by atoms with E-state index in [1.165, 1.54) is 12.1 Å². The monoisotopic (exact) mass is 429 g/mol. The van der Waals surface area contributed by atoms with Gasteiger partial charge in [0.15, 0.2) is 0 Å². The normalized spacial score (nSPS) is 15.8. The van der Waals surface area contributed by atoms with Gasteiger partial charge in [0, 0.05) is 13.0 Å². The van der Waals surface area contributed by atoms with Crippen molar-refractivity contribution in [1.29, 1.82) is 0 Å². The molecule has 0 saturated carbocycles. The summed E-state index contributed by atoms with van der Waals surface area (Å²) in [4.78, 5) is 15.4. The molecule has 1 amide bonds. The summed E-state index contributed by atoms with van der Waals surface area (Å²) in [6, 6.07) is 22.5. The van der Waals surface area contributed by atoms with Gasteiger partial charge in [-0.25, -0.2) is 9.40 Å². The Hall–Kier alpha value is -3.31. The van der Waals surface area contributed by atoms with Gasteiger partial charge in [-0.2, -0.15) is 5.10 Å². The van der Waals surface area contributed by atoms with Gasteiger partial charge in [0.2, 0.25) is 0 Å². The Morgan fingerprint density at radius 3 is 2.50 bits per heavy atom. The van der Waals surface area contributed by atoms with Crippen molar-refractivity contribution in [2.45, 2.75) is 32.9 Å². The van der Waals surface area contributed by atoms with Crippen LogP contribution in [0.4, 0.5) is 4.39 Å². The van der Waals surface area contributed by atoms with Crippen LogP contribution in [-0.2, 0) is 11.3 Å². The number of hydrogen-bond acceptors (Lipinski definition) is 3. The van der Waals surface area contributed by atoms with Crippen LogP contribution in [0.5, 0.6) is 0 Å². The van der Waals surface area contributed by atoms with Gasteiger partial charge in [0.25, 0.3) is 5.91 Å². The number of hydrazone groups is 1. The van der Waals surface area contributed by atoms with Gasteiger partial charge < -0.3 is 0 Å². The van der Waals surface area contributed by atoms with Crippen LogP contribution in [0.3, 0.4) is 0 Å². The highest BCUT2D eigenvalue weighted by Gasteiger charge is 2.34. The van der Waals surface area contributed by atoms with Crippen LogP contribution in [0, 0.1) is 19.7 Å². The first kappa shape index (κ1) is 21.9. The van der Waals surface area contributed by atoms with E-state index in [0.717, 1.165) is 33.5 Å². The van der Waals surface area contributed by atoms with Gasteiger partial charge in [-0.05, 0) is 55.3 Å². The summed E-state index contributed by atoms with van der Waals surface area (Å²) < 4.78 is 13.4. The van der Waals surface area contributed by atoms with E-state index in [4.69, 9.17) is 5.10 Å². The van der Waals surface area contributed by atoms with Crippen LogP contribution in [0.15, 0.2) is 77.9 Å². The highest BCUT2D eigenvalue weighted by atomic mass is 19.1. The summed E-state index contributed by atoms with van der Waals surface area (Å²) in [5.41, 5.74) is 6.18. The molecular weight excluding hydrogens is 401 g/mol. The summed E-state index contributed by atoms with van der Waals surface area (Å²) >= 11 is 0. The fraction of sp³-hybridized carbons (Fsp3) is 0.259. The second-order valence-corrected chi connectivity index (χ2v) is 8.53. The average molecular weight is 430 g/mol. The van der Waals surface area contributed by atoms with Crippen LogP contribution in [-0.4, -0.2) is 35.1 Å². The molecule has 3 aromatic rings. The summed E-state index contributed by atoms with van der Waals surface area (Å²) in [5.74, 6) is -0.333. The number of benzene rings is 3. The van der Waals surface area contributed by atoms with E-state index in [1.807, 2.05) is 30.1 Å². The smallest absolute Gasteiger partial charge is 0.257 e. The minimum absolute atomic E-state index is 0.0496. The molecule has 0 radical (unpaired) electrons. The minimum Gasteiger partial charge on any atom is -0.293 e. The largest absolute Gasteiger partial charge is 0.293 e. The van der Waals surface area contributed by atoms with Crippen LogP contribution in [0.1, 0.15) is 40.3 Å². The number of carbonyl (C=O) groups excluding carboxylic acids is 1. The van der Waals surface area contributed by atoms with Crippen molar-refractivity contribution in [2.75, 3.05) is 13.6 Å². The van der Waals surface area contributed by atoms with Crippen molar-refractivity contribution in [2.24, 2.45) is 5.10 Å². The molecule has 4 nitrogen and oxygen atoms in total. The maximum atomic E-state index is 13.4. The molecule has 32 heavy (non-hydrogen) atoms. The lowest BCUT2D eigenvalue weighted by atomic mass is 9.94. The Morgan fingerprint density at radius 1 is 1.06 bits per heavy atom. The number of rotatable bonds is 6. The van der Waals surface area contributed by atoms with E-state index in [0.29, 0.717) is 13.0 Å². The van der Waals surface area contributed by atoms with Crippen molar-refractivity contribution in [3.63, 3.8) is 0 Å². The molecule has 1 aliphatic heterocycles. The lowest BCUT2D eigenvalue weighted by molar-refractivity contribution is -0.134. The van der Waals surface area contributed by atoms with Gasteiger partial charge >= 0.3 is 0 Å². The van der Waals surface area contributed by atoms with Crippen LogP contribution < -0.4 is 0 Å². The average Bonchev–Trinajstić information content (AvgIpc) is 3.22. The highest BCUT2D eigenvalue weighted by Crippen LogP contribution is 2.35. The molecule has 5 heteroatoms. The third-order valence-electron chi connectivity index (χ3n) is 5.84. The standard InChI is InChI=1S/C27H28FN3O/c1-19-9-10-20(2)24(15-19)26-16-25(22-11-13-23(28)14-12-22)29-31(26)27(32)18-30(3)17-21-7-5-4-6-8-21/h4-15,26H,16-18H2,1-3H3. The molecule has 3 aromatic carbocycles. The predicted molar refractivity (Wildman–Crippen MR) is 126 cm³/mol. The summed E-state index contributed by atoms with van der Waals surface area (Å²) in [6.45, 7) is 5.06. The van der Waals surface area contributed by atoms with Gasteiger partial charge in [-0.3, -0.25) is 9.69 Å². The fourth-order valence-corrected chi connectivity index (χ4v) is 4.17. The Balaban J connectivity index is 1.60. The third kappa shape index (κ3) is 4.94. The Labute approximate surface area is 189 Å². The Kier molecular flexibility index (Phi) is 6.47. The number of likely N-dealkylation sites (N-methyl/N-ethyl adjacent to an activating group) is 1. The number of carbonyl (C=O) groups is 1. The molecule has 0 aromatic heterocycles. The van der Waals surface area contributed by atoms with Crippen molar-refractivity contribution < 1.29 is 9.18 Å². The molecule has 4 rings (SSSR count). The van der Waals surface area contributed by atoms with Crippen molar-refractivity contribution >= 4 is 11.6 Å². The quantitative estimate of drug-likeness (QED) is 0.536. The first-order chi connectivity index (χ1) is 15.4. The second-order valence-electron chi connectivity index (χ2n) is 8.53. The maximum absolute atomic E-state index is 13.4. The highest BCUT2D eigenvalue weighted by molar-refractivity contribution is 6.03. The van der Waals surface area contributed by atoms with E-state index in [9.17, 15) is 9.18 Å². The number of amides is 1. The zero-order valence-corrected chi connectivity index (χ0v) is 18.8. The predicted octanol–water partition coefficient (Wildman–Crippen LogP) is 5.25. The summed E-state index contributed by atoms with van der Waals surface area (Å²) in [6.07, 6.45) is 0.601. The van der Waals surface area contributed by atoms with Gasteiger partial charge in [0.1, 0.15) is 5.82 Å². The molecule has 0 fully saturated rings. The molecule has 0 bridgehead atoms. The molecule has 0 spiro atoms. The van der Waals surface area contributed by atoms with Crippen LogP contribution in [0.25, 0.3) is 0 Å². The van der Waals surface area contributed by atoms with Crippen LogP contribution >= 0.6 is 0 Å². The first-order valence-corrected chi connectivity index (χ1v) is 10.9. The van der Waals surface area contributed by atoms with E-state index in [-0.39, 0.29) is 24.3 Å². The number of hydrogen-bond donors (Lipinski definition) is 0. The molecule has 1 unspecified atom stereocenters. The van der Waals surface area contributed by atoms with Crippen LogP contribution in [0.2, 0.25) is 0 Å². The molecule has 0 saturated heterocycles. The van der Waals surface area contributed by atoms with E-state index in [1.54, 1.807) is 17.1 Å².